The lowest BCUT2D eigenvalue weighted by Gasteiger charge is -2.39. The zero-order valence-electron chi connectivity index (χ0n) is 21.6. The first-order valence-electron chi connectivity index (χ1n) is 13.3. The number of unbranched alkanes of at least 4 members (excludes halogenated alkanes) is 1. The maximum absolute atomic E-state index is 10.8. The van der Waals surface area contributed by atoms with E-state index in [0.717, 1.165) is 62.5 Å². The fourth-order valence-electron chi connectivity index (χ4n) is 5.55. The van der Waals surface area contributed by atoms with Crippen LogP contribution in [0.2, 0.25) is 0 Å². The summed E-state index contributed by atoms with van der Waals surface area (Å²) in [6.07, 6.45) is 1.76. The minimum Gasteiger partial charge on any atom is -0.481 e. The molecule has 2 heterocycles. The summed E-state index contributed by atoms with van der Waals surface area (Å²) in [4.78, 5) is 20.8. The molecule has 1 aromatic heterocycles. The largest absolute Gasteiger partial charge is 0.481 e. The molecule has 4 aromatic rings. The zero-order valence-corrected chi connectivity index (χ0v) is 21.6. The van der Waals surface area contributed by atoms with Gasteiger partial charge < -0.3 is 9.67 Å². The Morgan fingerprint density at radius 3 is 2.16 bits per heavy atom. The van der Waals surface area contributed by atoms with Crippen molar-refractivity contribution in [1.29, 1.82) is 0 Å². The van der Waals surface area contributed by atoms with E-state index in [9.17, 15) is 4.79 Å². The number of aliphatic carboxylic acids is 1. The van der Waals surface area contributed by atoms with Crippen LogP contribution in [0.5, 0.6) is 0 Å². The molecule has 192 valence electrons. The zero-order chi connectivity index (χ0) is 25.6. The predicted octanol–water partition coefficient (Wildman–Crippen LogP) is 5.51. The van der Waals surface area contributed by atoms with Gasteiger partial charge in [-0.25, -0.2) is 4.98 Å². The van der Waals surface area contributed by atoms with Crippen molar-refractivity contribution in [3.05, 3.63) is 101 Å². The Balaban J connectivity index is 1.22. The van der Waals surface area contributed by atoms with Crippen molar-refractivity contribution in [1.82, 2.24) is 19.4 Å². The summed E-state index contributed by atoms with van der Waals surface area (Å²) in [5.74, 6) is 0.261. The fourth-order valence-corrected chi connectivity index (χ4v) is 5.55. The van der Waals surface area contributed by atoms with E-state index in [1.54, 1.807) is 0 Å². The molecule has 0 unspecified atom stereocenters. The van der Waals surface area contributed by atoms with Gasteiger partial charge in [-0.15, -0.1) is 0 Å². The molecule has 0 spiro atoms. The molecule has 6 nitrogen and oxygen atoms in total. The molecule has 0 saturated carbocycles. The fraction of sp³-hybridized carbons (Fsp3) is 0.355. The molecular weight excluding hydrogens is 460 g/mol. The van der Waals surface area contributed by atoms with Crippen LogP contribution in [-0.2, 0) is 17.9 Å². The van der Waals surface area contributed by atoms with Crippen LogP contribution in [0.1, 0.15) is 47.8 Å². The van der Waals surface area contributed by atoms with Crippen LogP contribution in [0.4, 0.5) is 0 Å². The molecular formula is C31H36N4O2. The first-order valence-corrected chi connectivity index (χ1v) is 13.3. The van der Waals surface area contributed by atoms with Gasteiger partial charge in [0.05, 0.1) is 17.1 Å². The summed E-state index contributed by atoms with van der Waals surface area (Å²) in [6, 6.07) is 28.6. The van der Waals surface area contributed by atoms with Gasteiger partial charge in [-0.1, -0.05) is 66.7 Å². The molecule has 0 radical (unpaired) electrons. The van der Waals surface area contributed by atoms with Crippen LogP contribution in [0.15, 0.2) is 78.9 Å². The van der Waals surface area contributed by atoms with Crippen molar-refractivity contribution in [3.63, 3.8) is 0 Å². The van der Waals surface area contributed by atoms with Crippen molar-refractivity contribution in [2.45, 2.75) is 45.3 Å². The summed E-state index contributed by atoms with van der Waals surface area (Å²) in [6.45, 7) is 7.89. The summed E-state index contributed by atoms with van der Waals surface area (Å²) in [5.41, 5.74) is 6.15. The molecule has 0 atom stereocenters. The molecule has 37 heavy (non-hydrogen) atoms. The molecule has 6 heteroatoms. The smallest absolute Gasteiger partial charge is 0.303 e. The van der Waals surface area contributed by atoms with Crippen molar-refractivity contribution in [2.75, 3.05) is 26.2 Å². The SMILES string of the molecule is Cc1nc2cc(CN3CCN(C(c4ccccc4)c4ccccc4)CC3)ccc2n1CCCCC(=O)O. The maximum Gasteiger partial charge on any atom is 0.303 e. The summed E-state index contributed by atoms with van der Waals surface area (Å²) < 4.78 is 2.22. The standard InChI is InChI=1S/C31H36N4O2/c1-24-32-28-22-25(15-16-29(28)35(24)17-9-8-14-30(36)37)23-33-18-20-34(21-19-33)31(26-10-4-2-5-11-26)27-12-6-3-7-13-27/h2-7,10-13,15-16,22,31H,8-9,14,17-21,23H2,1H3,(H,36,37). The number of piperazine rings is 1. The lowest BCUT2D eigenvalue weighted by molar-refractivity contribution is -0.137. The van der Waals surface area contributed by atoms with Crippen LogP contribution in [0.25, 0.3) is 11.0 Å². The summed E-state index contributed by atoms with van der Waals surface area (Å²) in [7, 11) is 0. The Labute approximate surface area is 219 Å². The van der Waals surface area contributed by atoms with Crippen LogP contribution < -0.4 is 0 Å². The van der Waals surface area contributed by atoms with Crippen molar-refractivity contribution in [2.24, 2.45) is 0 Å². The highest BCUT2D eigenvalue weighted by atomic mass is 16.4. The second-order valence-electron chi connectivity index (χ2n) is 10.0. The first-order chi connectivity index (χ1) is 18.1. The van der Waals surface area contributed by atoms with Gasteiger partial charge >= 0.3 is 5.97 Å². The van der Waals surface area contributed by atoms with E-state index >= 15 is 0 Å². The van der Waals surface area contributed by atoms with Gasteiger partial charge in [0.1, 0.15) is 5.82 Å². The number of carbonyl (C=O) groups is 1. The monoisotopic (exact) mass is 496 g/mol. The van der Waals surface area contributed by atoms with Crippen molar-refractivity contribution < 1.29 is 9.90 Å². The van der Waals surface area contributed by atoms with E-state index in [4.69, 9.17) is 10.1 Å². The van der Waals surface area contributed by atoms with Gasteiger partial charge in [0.25, 0.3) is 0 Å². The van der Waals surface area contributed by atoms with Crippen LogP contribution in [0.3, 0.4) is 0 Å². The molecule has 5 rings (SSSR count). The summed E-state index contributed by atoms with van der Waals surface area (Å²) in [5, 5.41) is 8.88. The molecule has 1 aliphatic heterocycles. The van der Waals surface area contributed by atoms with Gasteiger partial charge in [-0.3, -0.25) is 14.6 Å². The third-order valence-electron chi connectivity index (χ3n) is 7.43. The van der Waals surface area contributed by atoms with E-state index in [0.29, 0.717) is 6.42 Å². The molecule has 0 bridgehead atoms. The molecule has 0 amide bonds. The molecule has 1 fully saturated rings. The molecule has 1 aliphatic rings. The van der Waals surface area contributed by atoms with E-state index in [-0.39, 0.29) is 12.5 Å². The molecule has 1 saturated heterocycles. The van der Waals surface area contributed by atoms with Crippen LogP contribution in [0, 0.1) is 6.92 Å². The molecule has 1 N–H and O–H groups in total. The van der Waals surface area contributed by atoms with E-state index in [1.165, 1.54) is 16.7 Å². The number of carboxylic acids is 1. The van der Waals surface area contributed by atoms with Crippen LogP contribution >= 0.6 is 0 Å². The van der Waals surface area contributed by atoms with E-state index in [2.05, 4.69) is 93.2 Å². The number of nitrogens with zero attached hydrogens (tertiary/aromatic N) is 4. The Morgan fingerprint density at radius 1 is 0.892 bits per heavy atom. The average Bonchev–Trinajstić information content (AvgIpc) is 3.23. The average molecular weight is 497 g/mol. The van der Waals surface area contributed by atoms with Gasteiger partial charge in [-0.05, 0) is 48.6 Å². The Morgan fingerprint density at radius 2 is 1.54 bits per heavy atom. The number of hydrogen-bond donors (Lipinski definition) is 1. The quantitative estimate of drug-likeness (QED) is 0.294. The number of rotatable bonds is 10. The number of carboxylic acid groups (broad SMARTS) is 1. The van der Waals surface area contributed by atoms with Gasteiger partial charge in [0.2, 0.25) is 0 Å². The molecule has 0 aliphatic carbocycles. The van der Waals surface area contributed by atoms with E-state index < -0.39 is 5.97 Å². The topological polar surface area (TPSA) is 61.6 Å². The number of hydrogen-bond acceptors (Lipinski definition) is 4. The Kier molecular flexibility index (Phi) is 7.97. The lowest BCUT2D eigenvalue weighted by Crippen LogP contribution is -2.47. The number of benzene rings is 3. The van der Waals surface area contributed by atoms with Crippen LogP contribution in [-0.4, -0.2) is 56.6 Å². The van der Waals surface area contributed by atoms with Gasteiger partial charge in [0.15, 0.2) is 0 Å². The maximum atomic E-state index is 10.8. The highest BCUT2D eigenvalue weighted by Gasteiger charge is 2.26. The lowest BCUT2D eigenvalue weighted by atomic mass is 9.96. The highest BCUT2D eigenvalue weighted by molar-refractivity contribution is 5.77. The number of fused-ring (bicyclic) bond motifs is 1. The minimum atomic E-state index is -0.728. The number of imidazole rings is 1. The summed E-state index contributed by atoms with van der Waals surface area (Å²) >= 11 is 0. The van der Waals surface area contributed by atoms with Crippen molar-refractivity contribution in [3.8, 4) is 0 Å². The Hall–Kier alpha value is -3.48. The van der Waals surface area contributed by atoms with Gasteiger partial charge in [-0.2, -0.15) is 0 Å². The van der Waals surface area contributed by atoms with Crippen molar-refractivity contribution >= 4 is 17.0 Å². The number of aryl methyl sites for hydroxylation is 2. The van der Waals surface area contributed by atoms with Gasteiger partial charge in [0, 0.05) is 45.7 Å². The Bertz CT molecular complexity index is 1270. The number of aromatic nitrogens is 2. The first kappa shape index (κ1) is 25.2. The second kappa shape index (κ2) is 11.7. The normalized spacial score (nSPS) is 15.0. The van der Waals surface area contributed by atoms with E-state index in [1.807, 2.05) is 6.92 Å². The third-order valence-corrected chi connectivity index (χ3v) is 7.43. The predicted molar refractivity (Wildman–Crippen MR) is 148 cm³/mol. The second-order valence-corrected chi connectivity index (χ2v) is 10.0. The minimum absolute atomic E-state index is 0.223. The highest BCUT2D eigenvalue weighted by Crippen LogP contribution is 2.30. The third kappa shape index (κ3) is 6.09. The molecule has 3 aromatic carbocycles.